The average molecular weight is 466 g/mol. The zero-order valence-electron chi connectivity index (χ0n) is 14.6. The zero-order valence-corrected chi connectivity index (χ0v) is 19.7. The summed E-state index contributed by atoms with van der Waals surface area (Å²) < 4.78 is 0.451. The van der Waals surface area contributed by atoms with Gasteiger partial charge < -0.3 is 0 Å². The standard InChI is InChI=1S/2C9H7.C3H9Si.2ClH.Zr/c2*1-2-5-9-7-3-6-8(9)4-1;1-3-4-2;;;/h2*1-7H;4H,3H2,1-2H3;2*1H;/q;;;;;+2/p-2. The molecule has 4 heteroatoms. The topological polar surface area (TPSA) is 0 Å². The molecule has 3 unspecified atom stereocenters. The van der Waals surface area contributed by atoms with Crippen molar-refractivity contribution in [1.29, 1.82) is 0 Å². The van der Waals surface area contributed by atoms with E-state index >= 15 is 0 Å². The Hall–Kier alpha value is -0.400. The molecule has 0 aliphatic heterocycles. The van der Waals surface area contributed by atoms with Gasteiger partial charge >= 0.3 is 160 Å². The van der Waals surface area contributed by atoms with Crippen LogP contribution in [0, 0.1) is 0 Å². The first-order chi connectivity index (χ1) is 12.0. The first-order valence-corrected chi connectivity index (χ1v) is 25.1. The van der Waals surface area contributed by atoms with Gasteiger partial charge in [0, 0.05) is 0 Å². The predicted molar refractivity (Wildman–Crippen MR) is 112 cm³/mol. The monoisotopic (exact) mass is 463 g/mol. The van der Waals surface area contributed by atoms with E-state index in [1.165, 1.54) is 22.3 Å². The first kappa shape index (κ1) is 18.0. The molecule has 4 rings (SSSR count). The van der Waals surface area contributed by atoms with E-state index in [1.54, 1.807) is 0 Å². The van der Waals surface area contributed by atoms with E-state index in [0.717, 1.165) is 6.04 Å². The molecule has 0 saturated carbocycles. The van der Waals surface area contributed by atoms with E-state index in [0.29, 0.717) is 0 Å². The maximum atomic E-state index is 7.85. The molecule has 25 heavy (non-hydrogen) atoms. The molecule has 2 aliphatic carbocycles. The van der Waals surface area contributed by atoms with Crippen molar-refractivity contribution >= 4 is 35.1 Å². The van der Waals surface area contributed by atoms with Crippen molar-refractivity contribution in [2.45, 2.75) is 26.8 Å². The van der Waals surface area contributed by atoms with Crippen molar-refractivity contribution in [2.75, 3.05) is 0 Å². The summed E-state index contributed by atoms with van der Waals surface area (Å²) in [6.45, 7) is 4.69. The van der Waals surface area contributed by atoms with Crippen molar-refractivity contribution < 1.29 is 15.6 Å². The van der Waals surface area contributed by atoms with Gasteiger partial charge in [-0.15, -0.1) is 0 Å². The van der Waals surface area contributed by atoms with Crippen molar-refractivity contribution in [2.24, 2.45) is 0 Å². The Morgan fingerprint density at radius 2 is 1.28 bits per heavy atom. The van der Waals surface area contributed by atoms with E-state index in [9.17, 15) is 0 Å². The van der Waals surface area contributed by atoms with E-state index in [-0.39, 0.29) is 7.25 Å². The fourth-order valence-corrected chi connectivity index (χ4v) is 42.3. The number of hydrogen-bond acceptors (Lipinski definition) is 0. The number of halogens is 2. The maximum absolute atomic E-state index is 7.85. The summed E-state index contributed by atoms with van der Waals surface area (Å²) in [5.41, 5.74) is 5.29. The van der Waals surface area contributed by atoms with Gasteiger partial charge in [-0.2, -0.15) is 0 Å². The molecule has 0 spiro atoms. The summed E-state index contributed by atoms with van der Waals surface area (Å²) in [5, 5.41) is 0. The predicted octanol–water partition coefficient (Wildman–Crippen LogP) is 6.89. The molecule has 2 aromatic carbocycles. The van der Waals surface area contributed by atoms with Crippen LogP contribution in [0.5, 0.6) is 0 Å². The molecule has 0 nitrogen and oxygen atoms in total. The summed E-state index contributed by atoms with van der Waals surface area (Å²) in [5.74, 6) is -1.31. The summed E-state index contributed by atoms with van der Waals surface area (Å²) in [6, 6.07) is 18.4. The fourth-order valence-electron chi connectivity index (χ4n) is 4.66. The molecule has 0 amide bonds. The first-order valence-electron chi connectivity index (χ1n) is 9.08. The molecule has 3 atom stereocenters. The summed E-state index contributed by atoms with van der Waals surface area (Å²) in [6.07, 6.45) is 9.12. The van der Waals surface area contributed by atoms with Gasteiger partial charge in [-0.25, -0.2) is 0 Å². The number of allylic oxidation sites excluding steroid dienone is 2. The second-order valence-corrected chi connectivity index (χ2v) is 49.3. The Labute approximate surface area is 159 Å². The van der Waals surface area contributed by atoms with E-state index in [2.05, 4.69) is 86.3 Å². The van der Waals surface area contributed by atoms with Crippen molar-refractivity contribution in [3.05, 3.63) is 82.9 Å². The molecule has 0 bridgehead atoms. The van der Waals surface area contributed by atoms with E-state index in [1.807, 2.05) is 0 Å². The quantitative estimate of drug-likeness (QED) is 0.431. The van der Waals surface area contributed by atoms with Crippen LogP contribution in [0.3, 0.4) is 0 Å². The number of hydrogen-bond donors (Lipinski definition) is 0. The number of benzene rings is 2. The van der Waals surface area contributed by atoms with Crippen LogP contribution in [0.25, 0.3) is 12.2 Å². The molecular weight excluding hydrogens is 442 g/mol. The SMILES string of the molecule is CC[SiH](C)[Zr]([Cl])([Cl])([CH]1C=Cc2ccccc21)[CH]1C=Cc2ccccc21. The van der Waals surface area contributed by atoms with Gasteiger partial charge in [-0.3, -0.25) is 0 Å². The van der Waals surface area contributed by atoms with Gasteiger partial charge in [-0.05, 0) is 0 Å². The van der Waals surface area contributed by atoms with E-state index in [4.69, 9.17) is 17.0 Å². The third-order valence-electron chi connectivity index (χ3n) is 6.34. The minimum absolute atomic E-state index is 0.225. The second-order valence-electron chi connectivity index (χ2n) is 7.47. The molecule has 0 heterocycles. The number of fused-ring (bicyclic) bond motifs is 2. The third-order valence-corrected chi connectivity index (χ3v) is 57.7. The third kappa shape index (κ3) is 2.56. The van der Waals surface area contributed by atoms with Gasteiger partial charge in [0.2, 0.25) is 0 Å². The summed E-state index contributed by atoms with van der Waals surface area (Å²) in [4.78, 5) is 0. The van der Waals surface area contributed by atoms with Crippen LogP contribution in [0.2, 0.25) is 12.6 Å². The molecule has 0 fully saturated rings. The van der Waals surface area contributed by atoms with Crippen molar-refractivity contribution in [3.8, 4) is 0 Å². The molecule has 0 aromatic heterocycles. The Balaban J connectivity index is 1.93. The molecule has 0 radical (unpaired) electrons. The second kappa shape index (κ2) is 6.34. The summed E-state index contributed by atoms with van der Waals surface area (Å²) >= 11 is -4.21. The minimum atomic E-state index is -4.21. The fraction of sp³-hybridized carbons (Fsp3) is 0.238. The normalized spacial score (nSPS) is 23.8. The van der Waals surface area contributed by atoms with Crippen LogP contribution in [0.15, 0.2) is 60.7 Å². The molecular formula is C21H23Cl2SiZr. The van der Waals surface area contributed by atoms with Gasteiger partial charge in [0.05, 0.1) is 0 Å². The Bertz CT molecular complexity index is 821. The van der Waals surface area contributed by atoms with Crippen LogP contribution in [-0.4, -0.2) is 5.92 Å². The van der Waals surface area contributed by atoms with Crippen LogP contribution < -0.4 is 0 Å². The Kier molecular flexibility index (Phi) is 4.56. The van der Waals surface area contributed by atoms with Gasteiger partial charge in [-0.1, -0.05) is 0 Å². The number of rotatable bonds is 4. The average Bonchev–Trinajstić information content (AvgIpc) is 3.26. The molecule has 2 aliphatic rings. The van der Waals surface area contributed by atoms with Crippen LogP contribution in [-0.2, 0) is 15.6 Å². The van der Waals surface area contributed by atoms with E-state index < -0.39 is 21.5 Å². The Morgan fingerprint density at radius 3 is 1.72 bits per heavy atom. The molecule has 2 aromatic rings. The molecule has 0 N–H and O–H groups in total. The Morgan fingerprint density at radius 1 is 0.840 bits per heavy atom. The van der Waals surface area contributed by atoms with Crippen LogP contribution in [0.4, 0.5) is 0 Å². The zero-order chi connectivity index (χ0) is 17.7. The summed E-state index contributed by atoms with van der Waals surface area (Å²) in [7, 11) is 15.7. The van der Waals surface area contributed by atoms with Gasteiger partial charge in [0.15, 0.2) is 0 Å². The van der Waals surface area contributed by atoms with Crippen molar-refractivity contribution in [3.63, 3.8) is 0 Å². The molecule has 0 saturated heterocycles. The van der Waals surface area contributed by atoms with Crippen molar-refractivity contribution in [1.82, 2.24) is 0 Å². The molecule has 129 valence electrons. The van der Waals surface area contributed by atoms with Gasteiger partial charge in [0.1, 0.15) is 0 Å². The van der Waals surface area contributed by atoms with Gasteiger partial charge in [0.25, 0.3) is 0 Å². The van der Waals surface area contributed by atoms with Crippen LogP contribution in [0.1, 0.15) is 36.4 Å². The van der Waals surface area contributed by atoms with Crippen LogP contribution >= 0.6 is 17.0 Å².